The number of aromatic nitrogens is 3. The molecule has 1 saturated carbocycles. The van der Waals surface area contributed by atoms with Crippen LogP contribution >= 0.6 is 0 Å². The fraction of sp³-hybridized carbons (Fsp3) is 0.611. The third kappa shape index (κ3) is 2.86. The van der Waals surface area contributed by atoms with E-state index in [2.05, 4.69) is 10.1 Å². The molecule has 1 saturated heterocycles. The van der Waals surface area contributed by atoms with Crippen molar-refractivity contribution in [3.8, 4) is 0 Å². The standard InChI is InChI=1S/C18H25N5O2/c1-10(19)12-4-3-7-23(9-12)18(25)13-8-14(11-5-6-11)20-16-15(13)17(24)21-22(16)2/h8,10-12H,3-7,9,19H2,1-2H3,(H,21,24)/t10-,12+/m1/s1. The van der Waals surface area contributed by atoms with Gasteiger partial charge in [-0.2, -0.15) is 0 Å². The molecule has 1 aliphatic heterocycles. The van der Waals surface area contributed by atoms with E-state index in [1.54, 1.807) is 11.7 Å². The number of pyridine rings is 1. The molecule has 0 radical (unpaired) electrons. The fourth-order valence-corrected chi connectivity index (χ4v) is 3.83. The van der Waals surface area contributed by atoms with Crippen LogP contribution in [0, 0.1) is 5.92 Å². The first kappa shape index (κ1) is 16.3. The molecule has 0 aromatic carbocycles. The van der Waals surface area contributed by atoms with Crippen molar-refractivity contribution >= 4 is 16.9 Å². The van der Waals surface area contributed by atoms with Crippen molar-refractivity contribution in [1.82, 2.24) is 19.7 Å². The lowest BCUT2D eigenvalue weighted by atomic mass is 9.91. The number of aromatic amines is 1. The van der Waals surface area contributed by atoms with Crippen molar-refractivity contribution in [2.75, 3.05) is 13.1 Å². The second-order valence-corrected chi connectivity index (χ2v) is 7.58. The number of nitrogens with one attached hydrogen (secondary N) is 1. The highest BCUT2D eigenvalue weighted by atomic mass is 16.2. The summed E-state index contributed by atoms with van der Waals surface area (Å²) in [7, 11) is 1.76. The Balaban J connectivity index is 1.77. The monoisotopic (exact) mass is 343 g/mol. The molecule has 2 aliphatic rings. The van der Waals surface area contributed by atoms with Crippen LogP contribution in [-0.4, -0.2) is 44.7 Å². The molecule has 2 aromatic heterocycles. The topological polar surface area (TPSA) is 97.0 Å². The number of hydrogen-bond acceptors (Lipinski definition) is 4. The molecule has 4 rings (SSSR count). The van der Waals surface area contributed by atoms with Crippen LogP contribution < -0.4 is 11.3 Å². The largest absolute Gasteiger partial charge is 0.338 e. The molecule has 0 bridgehead atoms. The van der Waals surface area contributed by atoms with Crippen LogP contribution in [0.25, 0.3) is 11.0 Å². The summed E-state index contributed by atoms with van der Waals surface area (Å²) in [6.45, 7) is 3.37. The second kappa shape index (κ2) is 5.98. The van der Waals surface area contributed by atoms with Crippen LogP contribution in [0.5, 0.6) is 0 Å². The van der Waals surface area contributed by atoms with Crippen molar-refractivity contribution in [2.45, 2.75) is 44.6 Å². The summed E-state index contributed by atoms with van der Waals surface area (Å²) < 4.78 is 1.61. The van der Waals surface area contributed by atoms with E-state index in [-0.39, 0.29) is 17.5 Å². The van der Waals surface area contributed by atoms with E-state index in [1.165, 1.54) is 0 Å². The third-order valence-corrected chi connectivity index (χ3v) is 5.55. The number of carbonyl (C=O) groups is 1. The quantitative estimate of drug-likeness (QED) is 0.879. The van der Waals surface area contributed by atoms with Gasteiger partial charge in [-0.25, -0.2) is 4.98 Å². The highest BCUT2D eigenvalue weighted by Gasteiger charge is 2.31. The molecule has 2 atom stereocenters. The van der Waals surface area contributed by atoms with E-state index >= 15 is 0 Å². The molecule has 2 aromatic rings. The molecular formula is C18H25N5O2. The highest BCUT2D eigenvalue weighted by Crippen LogP contribution is 2.40. The third-order valence-electron chi connectivity index (χ3n) is 5.55. The minimum atomic E-state index is -0.253. The number of H-pyrrole nitrogens is 1. The minimum absolute atomic E-state index is 0.0650. The van der Waals surface area contributed by atoms with Crippen LogP contribution in [0.4, 0.5) is 0 Å². The summed E-state index contributed by atoms with van der Waals surface area (Å²) in [5.74, 6) is 0.655. The molecule has 3 N–H and O–H groups in total. The average molecular weight is 343 g/mol. The summed E-state index contributed by atoms with van der Waals surface area (Å²) in [6.07, 6.45) is 4.20. The van der Waals surface area contributed by atoms with Crippen LogP contribution in [-0.2, 0) is 7.05 Å². The summed E-state index contributed by atoms with van der Waals surface area (Å²) >= 11 is 0. The van der Waals surface area contributed by atoms with E-state index in [4.69, 9.17) is 5.73 Å². The van der Waals surface area contributed by atoms with Crippen LogP contribution in [0.2, 0.25) is 0 Å². The maximum absolute atomic E-state index is 13.2. The summed E-state index contributed by atoms with van der Waals surface area (Å²) in [5, 5.41) is 3.14. The highest BCUT2D eigenvalue weighted by molar-refractivity contribution is 6.05. The zero-order chi connectivity index (χ0) is 17.7. The first-order valence-electron chi connectivity index (χ1n) is 9.10. The number of nitrogens with two attached hydrogens (primary N) is 1. The normalized spacial score (nSPS) is 22.4. The predicted molar refractivity (Wildman–Crippen MR) is 95.6 cm³/mol. The second-order valence-electron chi connectivity index (χ2n) is 7.58. The Labute approximate surface area is 146 Å². The number of nitrogens with zero attached hydrogens (tertiary/aromatic N) is 3. The Morgan fingerprint density at radius 1 is 1.40 bits per heavy atom. The molecule has 2 fully saturated rings. The summed E-state index contributed by atoms with van der Waals surface area (Å²) in [5.41, 5.74) is 7.77. The number of hydrogen-bond donors (Lipinski definition) is 2. The van der Waals surface area contributed by atoms with Gasteiger partial charge in [0.2, 0.25) is 0 Å². The van der Waals surface area contributed by atoms with Gasteiger partial charge in [-0.3, -0.25) is 19.4 Å². The lowest BCUT2D eigenvalue weighted by Crippen LogP contribution is -2.45. The molecular weight excluding hydrogens is 318 g/mol. The van der Waals surface area contributed by atoms with E-state index < -0.39 is 0 Å². The first-order valence-corrected chi connectivity index (χ1v) is 9.10. The predicted octanol–water partition coefficient (Wildman–Crippen LogP) is 1.34. The van der Waals surface area contributed by atoms with Crippen molar-refractivity contribution in [3.05, 3.63) is 27.7 Å². The molecule has 0 unspecified atom stereocenters. The smallest absolute Gasteiger partial charge is 0.274 e. The van der Waals surface area contributed by atoms with Gasteiger partial charge in [-0.05, 0) is 44.6 Å². The van der Waals surface area contributed by atoms with E-state index in [1.807, 2.05) is 17.9 Å². The summed E-state index contributed by atoms with van der Waals surface area (Å²) in [6, 6.07) is 1.91. The van der Waals surface area contributed by atoms with E-state index in [9.17, 15) is 9.59 Å². The number of piperidine rings is 1. The van der Waals surface area contributed by atoms with Gasteiger partial charge in [0, 0.05) is 37.8 Å². The SMILES string of the molecule is C[C@@H](N)[C@H]1CCCN(C(=O)c2cc(C3CC3)nc3c2c(=O)[nH]n3C)C1. The molecule has 1 aliphatic carbocycles. The first-order chi connectivity index (χ1) is 12.0. The maximum atomic E-state index is 13.2. The fourth-order valence-electron chi connectivity index (χ4n) is 3.83. The van der Waals surface area contributed by atoms with Gasteiger partial charge in [0.25, 0.3) is 11.5 Å². The number of rotatable bonds is 3. The van der Waals surface area contributed by atoms with E-state index in [0.717, 1.165) is 37.9 Å². The number of amides is 1. The molecule has 25 heavy (non-hydrogen) atoms. The van der Waals surface area contributed by atoms with Gasteiger partial charge in [0.15, 0.2) is 5.65 Å². The Bertz CT molecular complexity index is 877. The maximum Gasteiger partial charge on any atom is 0.274 e. The average Bonchev–Trinajstić information content (AvgIpc) is 3.41. The van der Waals surface area contributed by atoms with Crippen molar-refractivity contribution in [1.29, 1.82) is 0 Å². The number of carbonyl (C=O) groups excluding carboxylic acids is 1. The summed E-state index contributed by atoms with van der Waals surface area (Å²) in [4.78, 5) is 32.1. The van der Waals surface area contributed by atoms with E-state index in [0.29, 0.717) is 35.0 Å². The zero-order valence-electron chi connectivity index (χ0n) is 14.8. The Kier molecular flexibility index (Phi) is 3.91. The van der Waals surface area contributed by atoms with Gasteiger partial charge < -0.3 is 10.6 Å². The number of likely N-dealkylation sites (tertiary alicyclic amines) is 1. The van der Waals surface area contributed by atoms with Crippen molar-refractivity contribution < 1.29 is 4.79 Å². The Morgan fingerprint density at radius 2 is 2.16 bits per heavy atom. The Hall–Kier alpha value is -2.15. The molecule has 0 spiro atoms. The lowest BCUT2D eigenvalue weighted by molar-refractivity contribution is 0.0662. The van der Waals surface area contributed by atoms with Crippen LogP contribution in [0.3, 0.4) is 0 Å². The minimum Gasteiger partial charge on any atom is -0.338 e. The van der Waals surface area contributed by atoms with Crippen molar-refractivity contribution in [3.63, 3.8) is 0 Å². The van der Waals surface area contributed by atoms with Gasteiger partial charge in [0.1, 0.15) is 0 Å². The molecule has 7 heteroatoms. The van der Waals surface area contributed by atoms with Gasteiger partial charge >= 0.3 is 0 Å². The Morgan fingerprint density at radius 3 is 2.84 bits per heavy atom. The van der Waals surface area contributed by atoms with Gasteiger partial charge in [0.05, 0.1) is 10.9 Å². The van der Waals surface area contributed by atoms with Gasteiger partial charge in [-0.15, -0.1) is 0 Å². The lowest BCUT2D eigenvalue weighted by Gasteiger charge is -2.34. The molecule has 134 valence electrons. The van der Waals surface area contributed by atoms with Crippen LogP contribution in [0.1, 0.15) is 54.6 Å². The number of aryl methyl sites for hydroxylation is 1. The molecule has 3 heterocycles. The zero-order valence-corrected chi connectivity index (χ0v) is 14.8. The molecule has 7 nitrogen and oxygen atoms in total. The molecule has 1 amide bonds. The van der Waals surface area contributed by atoms with Crippen LogP contribution in [0.15, 0.2) is 10.9 Å². The number of fused-ring (bicyclic) bond motifs is 1. The van der Waals surface area contributed by atoms with Gasteiger partial charge in [-0.1, -0.05) is 0 Å². The van der Waals surface area contributed by atoms with Crippen molar-refractivity contribution in [2.24, 2.45) is 18.7 Å².